The molecule has 0 spiro atoms. The summed E-state index contributed by atoms with van der Waals surface area (Å²) in [6.45, 7) is 0.335. The summed E-state index contributed by atoms with van der Waals surface area (Å²) in [5.41, 5.74) is 1.19. The molecule has 0 aliphatic carbocycles. The van der Waals surface area contributed by atoms with Crippen LogP contribution in [0.4, 0.5) is 0 Å². The number of carbonyl (C=O) groups is 2. The van der Waals surface area contributed by atoms with Gasteiger partial charge in [-0.2, -0.15) is 5.10 Å². The maximum absolute atomic E-state index is 12.1. The fourth-order valence-corrected chi connectivity index (χ4v) is 2.57. The average Bonchev–Trinajstić information content (AvgIpc) is 3.28. The molecule has 0 bridgehead atoms. The molecule has 0 aliphatic rings. The van der Waals surface area contributed by atoms with Crippen molar-refractivity contribution in [2.75, 3.05) is 26.8 Å². The molecular formula is C21H20ClN3O4. The number of ether oxygens (including phenoxy) is 2. The number of esters is 1. The maximum atomic E-state index is 12.1. The monoisotopic (exact) mass is 413 g/mol. The molecule has 0 aliphatic heterocycles. The van der Waals surface area contributed by atoms with Crippen LogP contribution in [0.3, 0.4) is 0 Å². The zero-order chi connectivity index (χ0) is 20.6. The first-order valence-electron chi connectivity index (χ1n) is 8.92. The molecule has 7 nitrogen and oxygen atoms in total. The zero-order valence-corrected chi connectivity index (χ0v) is 16.6. The van der Waals surface area contributed by atoms with Gasteiger partial charge in [0.05, 0.1) is 17.8 Å². The third-order valence-electron chi connectivity index (χ3n) is 4.13. The lowest BCUT2D eigenvalue weighted by molar-refractivity contribution is -0.133. The summed E-state index contributed by atoms with van der Waals surface area (Å²) < 4.78 is 12.3. The van der Waals surface area contributed by atoms with E-state index in [1.807, 2.05) is 6.07 Å². The fraction of sp³-hybridized carbons (Fsp3) is 0.190. The van der Waals surface area contributed by atoms with Gasteiger partial charge in [-0.3, -0.25) is 4.79 Å². The second kappa shape index (κ2) is 9.75. The number of hydrogen-bond acceptors (Lipinski definition) is 5. The molecule has 3 rings (SSSR count). The molecule has 150 valence electrons. The van der Waals surface area contributed by atoms with Crippen LogP contribution in [0.1, 0.15) is 10.4 Å². The van der Waals surface area contributed by atoms with Crippen LogP contribution in [0.25, 0.3) is 5.69 Å². The molecule has 0 saturated heterocycles. The van der Waals surface area contributed by atoms with Crippen molar-refractivity contribution in [2.45, 2.75) is 0 Å². The van der Waals surface area contributed by atoms with Gasteiger partial charge in [0.2, 0.25) is 0 Å². The Labute approximate surface area is 173 Å². The quantitative estimate of drug-likeness (QED) is 0.530. The standard InChI is InChI=1S/C21H20ClN3O4/c1-24(13-14-28-19-9-5-17(22)6-10-19)20(26)15-29-21(27)16-3-7-18(8-4-16)25-12-2-11-23-25/h2-12H,13-15H2,1H3. The van der Waals surface area contributed by atoms with E-state index in [4.69, 9.17) is 21.1 Å². The Morgan fingerprint density at radius 1 is 1.10 bits per heavy atom. The summed E-state index contributed by atoms with van der Waals surface area (Å²) in [6.07, 6.45) is 3.48. The lowest BCUT2D eigenvalue weighted by Gasteiger charge is -2.17. The van der Waals surface area contributed by atoms with Crippen molar-refractivity contribution in [1.29, 1.82) is 0 Å². The number of aromatic nitrogens is 2. The Morgan fingerprint density at radius 2 is 1.83 bits per heavy atom. The number of carbonyl (C=O) groups excluding carboxylic acids is 2. The third kappa shape index (κ3) is 5.83. The molecule has 0 atom stereocenters. The molecule has 0 unspecified atom stereocenters. The first-order chi connectivity index (χ1) is 14.0. The number of hydrogen-bond donors (Lipinski definition) is 0. The lowest BCUT2D eigenvalue weighted by atomic mass is 10.2. The van der Waals surface area contributed by atoms with Crippen LogP contribution in [0, 0.1) is 0 Å². The van der Waals surface area contributed by atoms with Crippen LogP contribution >= 0.6 is 11.6 Å². The molecule has 1 heterocycles. The highest BCUT2D eigenvalue weighted by atomic mass is 35.5. The van der Waals surface area contributed by atoms with Crippen molar-refractivity contribution in [1.82, 2.24) is 14.7 Å². The molecule has 2 aromatic carbocycles. The minimum absolute atomic E-state index is 0.312. The number of nitrogens with zero attached hydrogens (tertiary/aromatic N) is 3. The maximum Gasteiger partial charge on any atom is 0.338 e. The first kappa shape index (κ1) is 20.4. The van der Waals surface area contributed by atoms with Gasteiger partial charge in [-0.15, -0.1) is 0 Å². The number of rotatable bonds is 8. The predicted molar refractivity (Wildman–Crippen MR) is 108 cm³/mol. The highest BCUT2D eigenvalue weighted by Crippen LogP contribution is 2.15. The number of likely N-dealkylation sites (N-methyl/N-ethyl adjacent to an activating group) is 1. The molecule has 3 aromatic rings. The molecule has 1 aromatic heterocycles. The molecule has 0 N–H and O–H groups in total. The van der Waals surface area contributed by atoms with Crippen molar-refractivity contribution in [3.05, 3.63) is 77.6 Å². The minimum atomic E-state index is -0.559. The van der Waals surface area contributed by atoms with Crippen LogP contribution in [-0.2, 0) is 9.53 Å². The second-order valence-corrected chi connectivity index (χ2v) is 6.63. The van der Waals surface area contributed by atoms with Gasteiger partial charge in [0.1, 0.15) is 12.4 Å². The normalized spacial score (nSPS) is 10.4. The van der Waals surface area contributed by atoms with E-state index in [1.54, 1.807) is 72.7 Å². The van der Waals surface area contributed by atoms with Crippen LogP contribution in [0.2, 0.25) is 5.02 Å². The molecule has 0 radical (unpaired) electrons. The number of halogens is 1. The van der Waals surface area contributed by atoms with Crippen molar-refractivity contribution in [2.24, 2.45) is 0 Å². The van der Waals surface area contributed by atoms with Crippen LogP contribution in [-0.4, -0.2) is 53.4 Å². The molecule has 0 saturated carbocycles. The van der Waals surface area contributed by atoms with E-state index in [0.29, 0.717) is 29.5 Å². The smallest absolute Gasteiger partial charge is 0.338 e. The highest BCUT2D eigenvalue weighted by molar-refractivity contribution is 6.30. The van der Waals surface area contributed by atoms with Gasteiger partial charge in [-0.05, 0) is 54.6 Å². The van der Waals surface area contributed by atoms with Crippen molar-refractivity contribution in [3.63, 3.8) is 0 Å². The van der Waals surface area contributed by atoms with Crippen molar-refractivity contribution in [3.8, 4) is 11.4 Å². The molecule has 29 heavy (non-hydrogen) atoms. The summed E-state index contributed by atoms with van der Waals surface area (Å²) in [4.78, 5) is 25.7. The Bertz CT molecular complexity index is 941. The lowest BCUT2D eigenvalue weighted by Crippen LogP contribution is -2.34. The van der Waals surface area contributed by atoms with Crippen molar-refractivity contribution < 1.29 is 19.1 Å². The summed E-state index contributed by atoms with van der Waals surface area (Å²) in [7, 11) is 1.63. The number of benzene rings is 2. The SMILES string of the molecule is CN(CCOc1ccc(Cl)cc1)C(=O)COC(=O)c1ccc(-n2cccn2)cc1. The third-order valence-corrected chi connectivity index (χ3v) is 4.39. The van der Waals surface area contributed by atoms with Crippen LogP contribution in [0.15, 0.2) is 67.0 Å². The van der Waals surface area contributed by atoms with Gasteiger partial charge in [0.25, 0.3) is 5.91 Å². The molecular weight excluding hydrogens is 394 g/mol. The van der Waals surface area contributed by atoms with E-state index in [0.717, 1.165) is 5.69 Å². The van der Waals surface area contributed by atoms with Gasteiger partial charge >= 0.3 is 5.97 Å². The molecule has 8 heteroatoms. The Morgan fingerprint density at radius 3 is 2.48 bits per heavy atom. The van der Waals surface area contributed by atoms with E-state index in [1.165, 1.54) is 4.90 Å². The topological polar surface area (TPSA) is 73.7 Å². The van der Waals surface area contributed by atoms with Crippen LogP contribution < -0.4 is 4.74 Å². The largest absolute Gasteiger partial charge is 0.492 e. The van der Waals surface area contributed by atoms with E-state index >= 15 is 0 Å². The Hall–Kier alpha value is -3.32. The van der Waals surface area contributed by atoms with E-state index in [9.17, 15) is 9.59 Å². The van der Waals surface area contributed by atoms with Crippen LogP contribution in [0.5, 0.6) is 5.75 Å². The van der Waals surface area contributed by atoms with E-state index in [-0.39, 0.29) is 12.5 Å². The first-order valence-corrected chi connectivity index (χ1v) is 9.30. The van der Waals surface area contributed by atoms with E-state index in [2.05, 4.69) is 5.10 Å². The van der Waals surface area contributed by atoms with E-state index < -0.39 is 5.97 Å². The molecule has 1 amide bonds. The highest BCUT2D eigenvalue weighted by Gasteiger charge is 2.14. The van der Waals surface area contributed by atoms with Gasteiger partial charge in [0.15, 0.2) is 6.61 Å². The second-order valence-electron chi connectivity index (χ2n) is 6.19. The summed E-state index contributed by atoms with van der Waals surface area (Å²) in [6, 6.07) is 15.6. The Balaban J connectivity index is 1.41. The fourth-order valence-electron chi connectivity index (χ4n) is 2.45. The minimum Gasteiger partial charge on any atom is -0.492 e. The van der Waals surface area contributed by atoms with Crippen molar-refractivity contribution >= 4 is 23.5 Å². The number of amides is 1. The molecule has 0 fully saturated rings. The zero-order valence-electron chi connectivity index (χ0n) is 15.8. The van der Waals surface area contributed by atoms with Gasteiger partial charge < -0.3 is 14.4 Å². The summed E-state index contributed by atoms with van der Waals surface area (Å²) in [5.74, 6) is -0.206. The van der Waals surface area contributed by atoms with Gasteiger partial charge in [-0.25, -0.2) is 9.48 Å². The van der Waals surface area contributed by atoms with Gasteiger partial charge in [-0.1, -0.05) is 11.6 Å². The Kier molecular flexibility index (Phi) is 6.86. The van der Waals surface area contributed by atoms with Gasteiger partial charge in [0, 0.05) is 24.5 Å². The predicted octanol–water partition coefficient (Wildman–Crippen LogP) is 3.22. The average molecular weight is 414 g/mol. The summed E-state index contributed by atoms with van der Waals surface area (Å²) >= 11 is 5.82. The summed E-state index contributed by atoms with van der Waals surface area (Å²) in [5, 5.41) is 4.75.